The van der Waals surface area contributed by atoms with E-state index in [1.165, 1.54) is 5.56 Å². The molecule has 1 aliphatic heterocycles. The fourth-order valence-electron chi connectivity index (χ4n) is 3.33. The molecular weight excluding hydrogens is 467 g/mol. The van der Waals surface area contributed by atoms with Crippen LogP contribution in [0.1, 0.15) is 25.1 Å². The first kappa shape index (κ1) is 22.9. The summed E-state index contributed by atoms with van der Waals surface area (Å²) in [4.78, 5) is 11.9. The van der Waals surface area contributed by atoms with Crippen LogP contribution in [0.5, 0.6) is 0 Å². The minimum absolute atomic E-state index is 0. The van der Waals surface area contributed by atoms with E-state index in [4.69, 9.17) is 14.7 Å². The molecule has 7 nitrogen and oxygen atoms in total. The highest BCUT2D eigenvalue weighted by Crippen LogP contribution is 2.10. The van der Waals surface area contributed by atoms with E-state index in [2.05, 4.69) is 59.0 Å². The Morgan fingerprint density at radius 3 is 2.82 bits per heavy atom. The first-order chi connectivity index (χ1) is 13.2. The summed E-state index contributed by atoms with van der Waals surface area (Å²) in [5.74, 6) is 0.873. The van der Waals surface area contributed by atoms with Gasteiger partial charge in [0.05, 0.1) is 25.5 Å². The maximum atomic E-state index is 5.43. The number of aromatic nitrogens is 2. The van der Waals surface area contributed by atoms with Gasteiger partial charge in [0, 0.05) is 51.0 Å². The van der Waals surface area contributed by atoms with E-state index < -0.39 is 0 Å². The van der Waals surface area contributed by atoms with Crippen molar-refractivity contribution in [3.05, 3.63) is 35.8 Å². The number of nitrogens with zero attached hydrogens (tertiary/aromatic N) is 4. The smallest absolute Gasteiger partial charge is 0.191 e. The minimum atomic E-state index is 0. The van der Waals surface area contributed by atoms with Crippen molar-refractivity contribution in [2.45, 2.75) is 33.2 Å². The summed E-state index contributed by atoms with van der Waals surface area (Å²) in [6.45, 7) is 12.5. The van der Waals surface area contributed by atoms with Crippen LogP contribution in [0.3, 0.4) is 0 Å². The molecule has 3 rings (SSSR count). The highest BCUT2D eigenvalue weighted by molar-refractivity contribution is 14.0. The Hall–Kier alpha value is -1.39. The Kier molecular flexibility index (Phi) is 9.46. The molecule has 1 fully saturated rings. The largest absolute Gasteiger partial charge is 0.379 e. The molecule has 1 saturated heterocycles. The molecule has 0 bridgehead atoms. The second-order valence-corrected chi connectivity index (χ2v) is 7.05. The van der Waals surface area contributed by atoms with Gasteiger partial charge in [0.2, 0.25) is 0 Å². The highest BCUT2D eigenvalue weighted by Gasteiger charge is 2.16. The molecule has 0 radical (unpaired) electrons. The van der Waals surface area contributed by atoms with Crippen LogP contribution < -0.4 is 10.6 Å². The molecule has 1 atom stereocenters. The molecule has 2 aromatic heterocycles. The van der Waals surface area contributed by atoms with E-state index in [1.54, 1.807) is 0 Å². The summed E-state index contributed by atoms with van der Waals surface area (Å²) in [5.41, 5.74) is 3.32. The number of halogens is 1. The highest BCUT2D eigenvalue weighted by atomic mass is 127. The van der Waals surface area contributed by atoms with Crippen LogP contribution in [0.2, 0.25) is 0 Å². The lowest BCUT2D eigenvalue weighted by Gasteiger charge is -2.31. The summed E-state index contributed by atoms with van der Waals surface area (Å²) in [5, 5.41) is 6.77. The predicted octanol–water partition coefficient (Wildman–Crippen LogP) is 2.08. The molecule has 0 aromatic carbocycles. The van der Waals surface area contributed by atoms with E-state index in [1.807, 2.05) is 6.20 Å². The fourth-order valence-corrected chi connectivity index (χ4v) is 3.33. The molecule has 28 heavy (non-hydrogen) atoms. The average Bonchev–Trinajstić information content (AvgIpc) is 3.11. The quantitative estimate of drug-likeness (QED) is 0.346. The third kappa shape index (κ3) is 6.31. The molecule has 8 heteroatoms. The van der Waals surface area contributed by atoms with Gasteiger partial charge in [-0.05, 0) is 32.4 Å². The van der Waals surface area contributed by atoms with Gasteiger partial charge in [-0.15, -0.1) is 24.0 Å². The van der Waals surface area contributed by atoms with E-state index in [0.29, 0.717) is 6.04 Å². The third-order valence-corrected chi connectivity index (χ3v) is 4.93. The zero-order valence-corrected chi connectivity index (χ0v) is 19.5. The molecule has 1 unspecified atom stereocenters. The van der Waals surface area contributed by atoms with Crippen LogP contribution in [0.15, 0.2) is 29.5 Å². The molecule has 1 aliphatic rings. The van der Waals surface area contributed by atoms with E-state index in [0.717, 1.165) is 69.7 Å². The van der Waals surface area contributed by atoms with Crippen LogP contribution in [0.4, 0.5) is 0 Å². The van der Waals surface area contributed by atoms with Crippen molar-refractivity contribution >= 4 is 35.6 Å². The number of nitrogens with one attached hydrogen (secondary N) is 2. The maximum Gasteiger partial charge on any atom is 0.191 e. The van der Waals surface area contributed by atoms with E-state index >= 15 is 0 Å². The van der Waals surface area contributed by atoms with Crippen molar-refractivity contribution in [1.29, 1.82) is 0 Å². The first-order valence-electron chi connectivity index (χ1n) is 9.94. The number of guanidine groups is 1. The number of aryl methyl sites for hydroxylation is 1. The zero-order chi connectivity index (χ0) is 19.1. The predicted molar refractivity (Wildman–Crippen MR) is 125 cm³/mol. The van der Waals surface area contributed by atoms with Gasteiger partial charge in [0.15, 0.2) is 5.96 Å². The van der Waals surface area contributed by atoms with Crippen LogP contribution in [0, 0.1) is 6.92 Å². The summed E-state index contributed by atoms with van der Waals surface area (Å²) in [6.07, 6.45) is 5.02. The van der Waals surface area contributed by atoms with Gasteiger partial charge in [-0.25, -0.2) is 4.98 Å². The van der Waals surface area contributed by atoms with Crippen molar-refractivity contribution < 1.29 is 4.74 Å². The average molecular weight is 500 g/mol. The summed E-state index contributed by atoms with van der Waals surface area (Å²) in [6, 6.07) is 4.57. The summed E-state index contributed by atoms with van der Waals surface area (Å²) in [7, 11) is 0. The Balaban J connectivity index is 0.00000280. The van der Waals surface area contributed by atoms with Gasteiger partial charge in [-0.2, -0.15) is 0 Å². The minimum Gasteiger partial charge on any atom is -0.379 e. The van der Waals surface area contributed by atoms with Crippen molar-refractivity contribution in [2.75, 3.05) is 45.9 Å². The Morgan fingerprint density at radius 2 is 2.11 bits per heavy atom. The van der Waals surface area contributed by atoms with Crippen LogP contribution in [-0.4, -0.2) is 72.2 Å². The number of fused-ring (bicyclic) bond motifs is 1. The Bertz CT molecular complexity index is 756. The normalized spacial score (nSPS) is 16.6. The molecule has 0 spiro atoms. The van der Waals surface area contributed by atoms with Crippen molar-refractivity contribution in [3.8, 4) is 0 Å². The lowest BCUT2D eigenvalue weighted by Crippen LogP contribution is -2.44. The van der Waals surface area contributed by atoms with Gasteiger partial charge in [0.1, 0.15) is 5.65 Å². The standard InChI is InChI=1S/C20H32N6O.HI/c1-4-21-20(23-14-17(3)25-10-12-27-13-11-25)22-8-7-18-15-26-9-5-6-16(2)19(26)24-18;/h5-6,9,15,17H,4,7-8,10-14H2,1-3H3,(H2,21,22,23);1H. The lowest BCUT2D eigenvalue weighted by molar-refractivity contribution is 0.0220. The van der Waals surface area contributed by atoms with Crippen molar-refractivity contribution in [3.63, 3.8) is 0 Å². The second kappa shape index (κ2) is 11.6. The second-order valence-electron chi connectivity index (χ2n) is 7.05. The van der Waals surface area contributed by atoms with Crippen molar-refractivity contribution in [1.82, 2.24) is 24.9 Å². The van der Waals surface area contributed by atoms with Gasteiger partial charge in [-0.1, -0.05) is 6.07 Å². The molecule has 2 aromatic rings. The van der Waals surface area contributed by atoms with Crippen LogP contribution in [-0.2, 0) is 11.2 Å². The lowest BCUT2D eigenvalue weighted by atomic mass is 10.2. The molecule has 0 amide bonds. The van der Waals surface area contributed by atoms with Gasteiger partial charge < -0.3 is 19.8 Å². The number of hydrogen-bond acceptors (Lipinski definition) is 4. The molecule has 2 N–H and O–H groups in total. The third-order valence-electron chi connectivity index (χ3n) is 4.93. The van der Waals surface area contributed by atoms with E-state index in [9.17, 15) is 0 Å². The molecular formula is C20H33IN6O. The molecule has 156 valence electrons. The molecule has 3 heterocycles. The van der Waals surface area contributed by atoms with E-state index in [-0.39, 0.29) is 24.0 Å². The fraction of sp³-hybridized carbons (Fsp3) is 0.600. The van der Waals surface area contributed by atoms with Gasteiger partial charge in [0.25, 0.3) is 0 Å². The van der Waals surface area contributed by atoms with Crippen molar-refractivity contribution in [2.24, 2.45) is 4.99 Å². The number of morpholine rings is 1. The number of imidazole rings is 1. The Morgan fingerprint density at radius 1 is 1.32 bits per heavy atom. The number of rotatable bonds is 7. The number of pyridine rings is 1. The Labute approximate surface area is 185 Å². The molecule has 0 saturated carbocycles. The number of aliphatic imine (C=N–C) groups is 1. The summed E-state index contributed by atoms with van der Waals surface area (Å²) < 4.78 is 7.52. The maximum absolute atomic E-state index is 5.43. The van der Waals surface area contributed by atoms with Crippen LogP contribution >= 0.6 is 24.0 Å². The number of ether oxygens (including phenoxy) is 1. The summed E-state index contributed by atoms with van der Waals surface area (Å²) >= 11 is 0. The molecule has 0 aliphatic carbocycles. The van der Waals surface area contributed by atoms with Gasteiger partial charge >= 0.3 is 0 Å². The monoisotopic (exact) mass is 500 g/mol. The topological polar surface area (TPSA) is 66.2 Å². The first-order valence-corrected chi connectivity index (χ1v) is 9.94. The van der Waals surface area contributed by atoms with Gasteiger partial charge in [-0.3, -0.25) is 9.89 Å². The number of hydrogen-bond donors (Lipinski definition) is 2. The van der Waals surface area contributed by atoms with Crippen LogP contribution in [0.25, 0.3) is 5.65 Å². The SMILES string of the molecule is CCNC(=NCC(C)N1CCOCC1)NCCc1cn2cccc(C)c2n1.I. The zero-order valence-electron chi connectivity index (χ0n) is 17.1.